The normalized spacial score (nSPS) is 12.0. The van der Waals surface area contributed by atoms with Crippen LogP contribution in [0.15, 0.2) is 42.5 Å². The first-order valence-electron chi connectivity index (χ1n) is 6.49. The van der Waals surface area contributed by atoms with Crippen LogP contribution in [-0.2, 0) is 0 Å². The number of anilines is 1. The lowest BCUT2D eigenvalue weighted by atomic mass is 10.2. The summed E-state index contributed by atoms with van der Waals surface area (Å²) in [7, 11) is 0. The molecule has 2 aromatic carbocycles. The highest BCUT2D eigenvalue weighted by molar-refractivity contribution is 7.18. The molecule has 3 rings (SSSR count). The Balaban J connectivity index is 1.91. The molecular formula is C16H12ClN3S. The molecule has 0 saturated carbocycles. The van der Waals surface area contributed by atoms with Crippen LogP contribution in [-0.4, -0.2) is 4.98 Å². The lowest BCUT2D eigenvalue weighted by molar-refractivity contribution is 0.873. The molecule has 0 radical (unpaired) electrons. The Morgan fingerprint density at radius 1 is 1.29 bits per heavy atom. The molecule has 5 heteroatoms. The molecule has 3 nitrogen and oxygen atoms in total. The lowest BCUT2D eigenvalue weighted by Crippen LogP contribution is -2.07. The molecule has 0 aliphatic heterocycles. The van der Waals surface area contributed by atoms with Crippen molar-refractivity contribution in [3.63, 3.8) is 0 Å². The second-order valence-electron chi connectivity index (χ2n) is 4.69. The number of para-hydroxylation sites is 1. The van der Waals surface area contributed by atoms with Gasteiger partial charge in [0, 0.05) is 5.02 Å². The molecule has 0 aliphatic carbocycles. The molecule has 0 fully saturated rings. The van der Waals surface area contributed by atoms with E-state index in [0.29, 0.717) is 10.6 Å². The van der Waals surface area contributed by atoms with Gasteiger partial charge in [-0.05, 0) is 37.3 Å². The van der Waals surface area contributed by atoms with Gasteiger partial charge in [0.25, 0.3) is 0 Å². The zero-order valence-electron chi connectivity index (χ0n) is 11.3. The van der Waals surface area contributed by atoms with E-state index in [1.54, 1.807) is 29.5 Å². The van der Waals surface area contributed by atoms with Crippen molar-refractivity contribution in [1.82, 2.24) is 4.98 Å². The smallest absolute Gasteiger partial charge is 0.116 e. The summed E-state index contributed by atoms with van der Waals surface area (Å²) in [4.78, 5) is 4.63. The van der Waals surface area contributed by atoms with Crippen molar-refractivity contribution in [3.05, 3.63) is 58.1 Å². The lowest BCUT2D eigenvalue weighted by Gasteiger charge is -2.14. The summed E-state index contributed by atoms with van der Waals surface area (Å²) in [6, 6.07) is 15.4. The molecule has 0 spiro atoms. The summed E-state index contributed by atoms with van der Waals surface area (Å²) in [5, 5.41) is 14.1. The fraction of sp³-hybridized carbons (Fsp3) is 0.125. The maximum atomic E-state index is 9.16. The van der Waals surface area contributed by atoms with Gasteiger partial charge in [0.05, 0.1) is 27.5 Å². The zero-order valence-corrected chi connectivity index (χ0v) is 12.9. The molecular weight excluding hydrogens is 302 g/mol. The third kappa shape index (κ3) is 2.85. The van der Waals surface area contributed by atoms with E-state index in [1.807, 2.05) is 25.1 Å². The standard InChI is InChI=1S/C16H12ClN3S/c1-10(16-20-13-4-2-3-5-15(13)21-16)19-14-8-12(17)7-6-11(14)9-18/h2-8,10,19H,1H3. The third-order valence-corrected chi connectivity index (χ3v) is 4.61. The van der Waals surface area contributed by atoms with Gasteiger partial charge in [0.2, 0.25) is 0 Å². The Labute approximate surface area is 131 Å². The zero-order chi connectivity index (χ0) is 14.8. The summed E-state index contributed by atoms with van der Waals surface area (Å²) in [6.07, 6.45) is 0. The largest absolute Gasteiger partial charge is 0.375 e. The highest BCUT2D eigenvalue weighted by Crippen LogP contribution is 2.30. The predicted octanol–water partition coefficient (Wildman–Crippen LogP) is 4.99. The van der Waals surface area contributed by atoms with Crippen molar-refractivity contribution in [2.24, 2.45) is 0 Å². The van der Waals surface area contributed by atoms with Crippen LogP contribution in [0.4, 0.5) is 5.69 Å². The van der Waals surface area contributed by atoms with Crippen LogP contribution < -0.4 is 5.32 Å². The predicted molar refractivity (Wildman–Crippen MR) is 87.8 cm³/mol. The SMILES string of the molecule is CC(Nc1cc(Cl)ccc1C#N)c1nc2ccccc2s1. The number of fused-ring (bicyclic) bond motifs is 1. The first kappa shape index (κ1) is 13.9. The van der Waals surface area contributed by atoms with Crippen LogP contribution in [0.1, 0.15) is 23.5 Å². The molecule has 104 valence electrons. The number of halogens is 1. The van der Waals surface area contributed by atoms with Gasteiger partial charge in [-0.3, -0.25) is 0 Å². The summed E-state index contributed by atoms with van der Waals surface area (Å²) in [6.45, 7) is 2.03. The molecule has 1 atom stereocenters. The fourth-order valence-electron chi connectivity index (χ4n) is 2.10. The molecule has 3 aromatic rings. The van der Waals surface area contributed by atoms with E-state index in [9.17, 15) is 0 Å². The van der Waals surface area contributed by atoms with Crippen LogP contribution in [0.3, 0.4) is 0 Å². The summed E-state index contributed by atoms with van der Waals surface area (Å²) in [5.41, 5.74) is 2.31. The third-order valence-electron chi connectivity index (χ3n) is 3.15. The molecule has 1 aromatic heterocycles. The minimum Gasteiger partial charge on any atom is -0.375 e. The number of thiazole rings is 1. The number of aromatic nitrogens is 1. The second kappa shape index (κ2) is 5.72. The van der Waals surface area contributed by atoms with Crippen LogP contribution in [0.2, 0.25) is 5.02 Å². The Kier molecular flexibility index (Phi) is 3.78. The van der Waals surface area contributed by atoms with E-state index in [2.05, 4.69) is 22.4 Å². The first-order valence-corrected chi connectivity index (χ1v) is 7.68. The molecule has 0 saturated heterocycles. The van der Waals surface area contributed by atoms with Gasteiger partial charge in [0.1, 0.15) is 11.1 Å². The van der Waals surface area contributed by atoms with Gasteiger partial charge >= 0.3 is 0 Å². The molecule has 1 N–H and O–H groups in total. The van der Waals surface area contributed by atoms with Crippen molar-refractivity contribution >= 4 is 38.8 Å². The Morgan fingerprint density at radius 2 is 2.10 bits per heavy atom. The van der Waals surface area contributed by atoms with Crippen molar-refractivity contribution in [2.45, 2.75) is 13.0 Å². The Bertz CT molecular complexity index is 802. The number of nitrogens with zero attached hydrogens (tertiary/aromatic N) is 2. The van der Waals surface area contributed by atoms with Crippen LogP contribution in [0.5, 0.6) is 0 Å². The van der Waals surface area contributed by atoms with Gasteiger partial charge in [0.15, 0.2) is 0 Å². The minimum absolute atomic E-state index is 0.00738. The summed E-state index contributed by atoms with van der Waals surface area (Å²) >= 11 is 7.66. The quantitative estimate of drug-likeness (QED) is 0.740. The van der Waals surface area contributed by atoms with Gasteiger partial charge < -0.3 is 5.32 Å². The minimum atomic E-state index is 0.00738. The maximum Gasteiger partial charge on any atom is 0.116 e. The highest BCUT2D eigenvalue weighted by Gasteiger charge is 2.13. The van der Waals surface area contributed by atoms with Crippen LogP contribution in [0, 0.1) is 11.3 Å². The monoisotopic (exact) mass is 313 g/mol. The molecule has 1 unspecified atom stereocenters. The number of rotatable bonds is 3. The van der Waals surface area contributed by atoms with Crippen molar-refractivity contribution in [1.29, 1.82) is 5.26 Å². The van der Waals surface area contributed by atoms with Gasteiger partial charge in [-0.1, -0.05) is 23.7 Å². The van der Waals surface area contributed by atoms with Crippen molar-refractivity contribution < 1.29 is 0 Å². The van der Waals surface area contributed by atoms with E-state index < -0.39 is 0 Å². The fourth-order valence-corrected chi connectivity index (χ4v) is 3.25. The van der Waals surface area contributed by atoms with E-state index in [-0.39, 0.29) is 6.04 Å². The molecule has 0 bridgehead atoms. The van der Waals surface area contributed by atoms with E-state index in [4.69, 9.17) is 16.9 Å². The summed E-state index contributed by atoms with van der Waals surface area (Å²) in [5.74, 6) is 0. The molecule has 0 amide bonds. The molecule has 1 heterocycles. The average molecular weight is 314 g/mol. The van der Waals surface area contributed by atoms with Crippen LogP contribution in [0.25, 0.3) is 10.2 Å². The van der Waals surface area contributed by atoms with Gasteiger partial charge in [-0.15, -0.1) is 11.3 Å². The molecule has 21 heavy (non-hydrogen) atoms. The topological polar surface area (TPSA) is 48.7 Å². The molecule has 0 aliphatic rings. The summed E-state index contributed by atoms with van der Waals surface area (Å²) < 4.78 is 1.16. The van der Waals surface area contributed by atoms with Gasteiger partial charge in [-0.2, -0.15) is 5.26 Å². The van der Waals surface area contributed by atoms with Crippen molar-refractivity contribution in [3.8, 4) is 6.07 Å². The first-order chi connectivity index (χ1) is 10.2. The second-order valence-corrected chi connectivity index (χ2v) is 6.19. The maximum absolute atomic E-state index is 9.16. The Morgan fingerprint density at radius 3 is 2.86 bits per heavy atom. The highest BCUT2D eigenvalue weighted by atomic mass is 35.5. The number of benzene rings is 2. The van der Waals surface area contributed by atoms with E-state index in [1.165, 1.54) is 0 Å². The van der Waals surface area contributed by atoms with E-state index in [0.717, 1.165) is 20.9 Å². The van der Waals surface area contributed by atoms with Crippen molar-refractivity contribution in [2.75, 3.05) is 5.32 Å². The number of hydrogen-bond acceptors (Lipinski definition) is 4. The van der Waals surface area contributed by atoms with Crippen LogP contribution >= 0.6 is 22.9 Å². The van der Waals surface area contributed by atoms with E-state index >= 15 is 0 Å². The number of nitriles is 1. The Hall–Kier alpha value is -2.09. The average Bonchev–Trinajstić information content (AvgIpc) is 2.91. The van der Waals surface area contributed by atoms with Gasteiger partial charge in [-0.25, -0.2) is 4.98 Å². The number of hydrogen-bond donors (Lipinski definition) is 1. The number of nitrogens with one attached hydrogen (secondary N) is 1.